The number of carbonyl (C=O) groups is 5. The Morgan fingerprint density at radius 3 is 2.24 bits per heavy atom. The molecule has 5 N–H and O–H groups in total. The lowest BCUT2D eigenvalue weighted by molar-refractivity contribution is -0.143. The van der Waals surface area contributed by atoms with Crippen LogP contribution in [-0.4, -0.2) is 146 Å². The van der Waals surface area contributed by atoms with Gasteiger partial charge in [0.25, 0.3) is 17.7 Å². The van der Waals surface area contributed by atoms with Crippen molar-refractivity contribution in [2.45, 2.75) is 156 Å². The maximum absolute atomic E-state index is 14.1. The number of H-pyrrole nitrogens is 1. The lowest BCUT2D eigenvalue weighted by atomic mass is 9.88. The van der Waals surface area contributed by atoms with Crippen molar-refractivity contribution >= 4 is 45.3 Å². The second-order valence-corrected chi connectivity index (χ2v) is 27.1. The van der Waals surface area contributed by atoms with Gasteiger partial charge >= 0.3 is 5.97 Å². The number of nitrogens with one attached hydrogen (secondary N) is 5. The molecule has 0 radical (unpaired) electrons. The van der Waals surface area contributed by atoms with Gasteiger partial charge in [0.05, 0.1) is 42.5 Å². The zero-order valence-corrected chi connectivity index (χ0v) is 53.4. The normalized spacial score (nSPS) is 15.5. The predicted molar refractivity (Wildman–Crippen MR) is 337 cm³/mol. The summed E-state index contributed by atoms with van der Waals surface area (Å²) in [6, 6.07) is 17.8. The molecule has 1 saturated heterocycles. The van der Waals surface area contributed by atoms with Crippen molar-refractivity contribution in [3.63, 3.8) is 0 Å². The topological polar surface area (TPSA) is 298 Å². The number of esters is 1. The second kappa shape index (κ2) is 31.1. The number of pyridine rings is 1. The van der Waals surface area contributed by atoms with Gasteiger partial charge in [0.1, 0.15) is 29.3 Å². The number of sulfonamides is 1. The lowest BCUT2D eigenvalue weighted by Gasteiger charge is -2.31. The Bertz CT molecular complexity index is 3440. The van der Waals surface area contributed by atoms with Crippen LogP contribution in [0.4, 0.5) is 5.69 Å². The summed E-state index contributed by atoms with van der Waals surface area (Å²) in [5.41, 5.74) is 6.03. The lowest BCUT2D eigenvalue weighted by Crippen LogP contribution is -2.50. The van der Waals surface area contributed by atoms with Gasteiger partial charge in [-0.2, -0.15) is 10.2 Å². The van der Waals surface area contributed by atoms with E-state index in [4.69, 9.17) is 18.9 Å². The molecule has 0 bridgehead atoms. The summed E-state index contributed by atoms with van der Waals surface area (Å²) in [6.07, 6.45) is 15.7. The second-order valence-electron chi connectivity index (χ2n) is 25.0. The van der Waals surface area contributed by atoms with Crippen molar-refractivity contribution in [1.29, 1.82) is 0 Å². The summed E-state index contributed by atoms with van der Waals surface area (Å²) >= 11 is 0. The first-order valence-corrected chi connectivity index (χ1v) is 33.2. The molecule has 2 saturated carbocycles. The van der Waals surface area contributed by atoms with Crippen LogP contribution in [0.5, 0.6) is 17.4 Å². The average molecular weight is 1260 g/mol. The fourth-order valence-corrected chi connectivity index (χ4v) is 13.0. The Balaban J connectivity index is 0.611. The van der Waals surface area contributed by atoms with Gasteiger partial charge in [-0.3, -0.25) is 33.6 Å². The van der Waals surface area contributed by atoms with Crippen LogP contribution in [0, 0.1) is 37.0 Å². The third kappa shape index (κ3) is 19.5. The molecule has 25 heteroatoms. The molecule has 24 nitrogen and oxygen atoms in total. The van der Waals surface area contributed by atoms with Gasteiger partial charge in [-0.25, -0.2) is 22.5 Å². The molecule has 9 rings (SSSR count). The van der Waals surface area contributed by atoms with Crippen molar-refractivity contribution in [2.75, 3.05) is 51.0 Å². The van der Waals surface area contributed by atoms with Gasteiger partial charge < -0.3 is 40.2 Å². The van der Waals surface area contributed by atoms with E-state index in [0.29, 0.717) is 99.4 Å². The smallest absolute Gasteiger partial charge is 0.328 e. The Kier molecular flexibility index (Phi) is 23.0. The molecule has 1 aliphatic heterocycles. The number of aromatic amines is 1. The number of aromatic nitrogens is 8. The highest BCUT2D eigenvalue weighted by Gasteiger charge is 2.48. The zero-order valence-electron chi connectivity index (χ0n) is 52.6. The van der Waals surface area contributed by atoms with Gasteiger partial charge in [-0.05, 0) is 156 Å². The molecular weight excluding hydrogens is 1170 g/mol. The number of rotatable bonds is 34. The van der Waals surface area contributed by atoms with E-state index in [1.54, 1.807) is 52.0 Å². The summed E-state index contributed by atoms with van der Waals surface area (Å²) in [4.78, 5) is 70.2. The molecule has 4 aromatic heterocycles. The van der Waals surface area contributed by atoms with E-state index in [9.17, 15) is 32.4 Å². The zero-order chi connectivity index (χ0) is 63.8. The van der Waals surface area contributed by atoms with E-state index < -0.39 is 34.0 Å². The van der Waals surface area contributed by atoms with Crippen LogP contribution >= 0.6 is 0 Å². The summed E-state index contributed by atoms with van der Waals surface area (Å²) in [6.45, 7) is 12.3. The number of hydrogen-bond donors (Lipinski definition) is 5. The minimum atomic E-state index is -3.48. The minimum absolute atomic E-state index is 0.00344. The number of unbranched alkanes of at least 4 members (excludes halogenated alkanes) is 3. The van der Waals surface area contributed by atoms with Crippen molar-refractivity contribution < 1.29 is 51.3 Å². The molecule has 4 amide bonds. The van der Waals surface area contributed by atoms with Crippen LogP contribution in [0.3, 0.4) is 0 Å². The van der Waals surface area contributed by atoms with E-state index in [2.05, 4.69) is 72.6 Å². The molecule has 484 valence electrons. The minimum Gasteiger partial charge on any atom is -0.484 e. The number of carbonyl (C=O) groups excluding carboxylic acids is 5. The van der Waals surface area contributed by atoms with E-state index in [-0.39, 0.29) is 72.1 Å². The Morgan fingerprint density at radius 2 is 1.57 bits per heavy atom. The molecule has 0 unspecified atom stereocenters. The molecule has 2 aliphatic carbocycles. The van der Waals surface area contributed by atoms with Crippen molar-refractivity contribution in [2.24, 2.45) is 23.2 Å². The Morgan fingerprint density at radius 1 is 0.833 bits per heavy atom. The highest BCUT2D eigenvalue weighted by molar-refractivity contribution is 7.89. The number of nitrogens with zero attached hydrogens (tertiary/aromatic N) is 8. The largest absolute Gasteiger partial charge is 0.484 e. The van der Waals surface area contributed by atoms with Gasteiger partial charge in [0, 0.05) is 80.4 Å². The summed E-state index contributed by atoms with van der Waals surface area (Å²) in [7, 11) is -2.19. The monoisotopic (exact) mass is 1260 g/mol. The number of amides is 4. The standard InChI is InChI=1S/C65H87N13O11S/c1-43-58(44(2)73-72-43)45-20-23-49(24-21-45)69-63(82)60(59(46-16-17-46)47-18-19-47)71-62(81)55-27-31-68-78(55)34-10-8-7-9-33-76-41-50(74-75-76)13-12-38-90(84,85)77-35-28-51(29-36-77)87-37-32-66-56(79)42-88-52-14-11-15-53(39-52)89-57-25-22-48(40-67-57)61(80)70-54(64(83)86-6)26-30-65(3,4)5/h11,14-15,20-25,27,31,39-41,46-47,51,54,59-60H,7-10,12-13,16-19,26,28-30,32-38,42H2,1-6H3,(H,66,79)(H,69,82)(H,70,80)(H,71,81)(H,72,73)/t54-,60-/m0/s1. The SMILES string of the molecule is COC(=O)[C@H](CCC(C)(C)C)NC(=O)c1ccc(Oc2cccc(OCC(=O)NCCOC3CCN(S(=O)(=O)CCCc4cn(CCCCCCn5nccc5C(=O)N[C@H](C(=O)Nc5ccc(-c6c(C)n[nH]c6C)cc5)C(C5CC5)C5CC5)nn4)CC3)c2)nc1. The van der Waals surface area contributed by atoms with Gasteiger partial charge in [0.2, 0.25) is 21.8 Å². The third-order valence-electron chi connectivity index (χ3n) is 16.7. The van der Waals surface area contributed by atoms with E-state index in [1.807, 2.05) is 44.3 Å². The molecule has 5 heterocycles. The van der Waals surface area contributed by atoms with E-state index in [0.717, 1.165) is 79.6 Å². The molecule has 3 fully saturated rings. The first kappa shape index (κ1) is 66.4. The quantitative estimate of drug-likeness (QED) is 0.0188. The number of hydrogen-bond acceptors (Lipinski definition) is 16. The van der Waals surface area contributed by atoms with Crippen LogP contribution in [0.25, 0.3) is 11.1 Å². The van der Waals surface area contributed by atoms with Crippen molar-refractivity contribution in [3.05, 3.63) is 114 Å². The maximum atomic E-state index is 14.1. The fourth-order valence-electron chi connectivity index (χ4n) is 11.5. The van der Waals surface area contributed by atoms with Crippen LogP contribution in [-0.2, 0) is 53.4 Å². The molecule has 6 aromatic rings. The Labute approximate surface area is 526 Å². The highest BCUT2D eigenvalue weighted by atomic mass is 32.2. The van der Waals surface area contributed by atoms with Crippen LogP contribution in [0.1, 0.15) is 142 Å². The van der Waals surface area contributed by atoms with Crippen LogP contribution in [0.15, 0.2) is 85.3 Å². The van der Waals surface area contributed by atoms with Gasteiger partial charge in [-0.15, -0.1) is 5.10 Å². The highest BCUT2D eigenvalue weighted by Crippen LogP contribution is 2.51. The number of methoxy groups -OCH3 is 1. The number of piperidine rings is 1. The molecular formula is C65H87N13O11S. The molecule has 2 aromatic carbocycles. The number of aryl methyl sites for hydroxylation is 5. The summed E-state index contributed by atoms with van der Waals surface area (Å²) < 4.78 is 54.1. The van der Waals surface area contributed by atoms with E-state index in [1.165, 1.54) is 23.7 Å². The maximum Gasteiger partial charge on any atom is 0.328 e. The molecule has 3 aliphatic rings. The number of ether oxygens (including phenoxy) is 4. The predicted octanol–water partition coefficient (Wildman–Crippen LogP) is 8.14. The van der Waals surface area contributed by atoms with Crippen molar-refractivity contribution in [3.8, 4) is 28.5 Å². The van der Waals surface area contributed by atoms with Crippen molar-refractivity contribution in [1.82, 2.24) is 60.2 Å². The molecule has 0 spiro atoms. The van der Waals surface area contributed by atoms with Crippen LogP contribution < -0.4 is 30.7 Å². The number of benzene rings is 2. The average Bonchev–Trinajstić information content (AvgIpc) is 1.70. The summed E-state index contributed by atoms with van der Waals surface area (Å²) in [5.74, 6) is 0.137. The van der Waals surface area contributed by atoms with Gasteiger partial charge in [0.15, 0.2) is 6.61 Å². The number of anilines is 1. The molecule has 2 atom stereocenters. The molecule has 90 heavy (non-hydrogen) atoms. The summed E-state index contributed by atoms with van der Waals surface area (Å²) in [5, 5.41) is 32.2. The van der Waals surface area contributed by atoms with Crippen LogP contribution in [0.2, 0.25) is 0 Å². The van der Waals surface area contributed by atoms with E-state index >= 15 is 0 Å². The first-order valence-electron chi connectivity index (χ1n) is 31.5. The third-order valence-corrected chi connectivity index (χ3v) is 18.6. The Hall–Kier alpha value is -8.03. The van der Waals surface area contributed by atoms with Gasteiger partial charge in [-0.1, -0.05) is 57.0 Å². The first-order chi connectivity index (χ1) is 43.3. The fraction of sp³-hybridized carbons (Fsp3) is 0.538.